The Bertz CT molecular complexity index is 1290. The van der Waals surface area contributed by atoms with Gasteiger partial charge in [0.1, 0.15) is 17.7 Å². The summed E-state index contributed by atoms with van der Waals surface area (Å²) in [5, 5.41) is 3.36. The highest BCUT2D eigenvalue weighted by atomic mass is 32.2. The number of nitrogens with one attached hydrogen (secondary N) is 1. The van der Waals surface area contributed by atoms with E-state index in [0.29, 0.717) is 23.3 Å². The number of amides is 2. The molecule has 0 fully saturated rings. The number of carbonyl (C=O) groups excluding carboxylic acids is 2. The van der Waals surface area contributed by atoms with Crippen LogP contribution < -0.4 is 5.32 Å². The monoisotopic (exact) mass is 472 g/mol. The van der Waals surface area contributed by atoms with Crippen LogP contribution in [-0.2, 0) is 21.9 Å². The number of hydrogen-bond acceptors (Lipinski definition) is 5. The molecule has 34 heavy (non-hydrogen) atoms. The van der Waals surface area contributed by atoms with E-state index in [0.717, 1.165) is 22.4 Å². The molecule has 5 rings (SSSR count). The van der Waals surface area contributed by atoms with Gasteiger partial charge in [-0.15, -0.1) is 0 Å². The maximum absolute atomic E-state index is 13.3. The Morgan fingerprint density at radius 2 is 1.71 bits per heavy atom. The van der Waals surface area contributed by atoms with Gasteiger partial charge in [0.15, 0.2) is 5.17 Å². The van der Waals surface area contributed by atoms with Gasteiger partial charge in [-0.25, -0.2) is 14.3 Å². The molecule has 0 saturated carbocycles. The van der Waals surface area contributed by atoms with E-state index in [2.05, 4.69) is 15.3 Å². The average molecular weight is 473 g/mol. The molecule has 8 heteroatoms. The summed E-state index contributed by atoms with van der Waals surface area (Å²) in [4.78, 5) is 36.7. The van der Waals surface area contributed by atoms with Crippen molar-refractivity contribution in [1.29, 1.82) is 0 Å². The lowest BCUT2D eigenvalue weighted by Crippen LogP contribution is -2.42. The van der Waals surface area contributed by atoms with Crippen molar-refractivity contribution in [3.63, 3.8) is 0 Å². The van der Waals surface area contributed by atoms with Gasteiger partial charge in [-0.3, -0.25) is 14.6 Å². The first-order valence-corrected chi connectivity index (χ1v) is 11.8. The first-order chi connectivity index (χ1) is 16.6. The fraction of sp³-hybridized carbons (Fsp3) is 0.154. The molecule has 0 unspecified atom stereocenters. The molecule has 0 bridgehead atoms. The SMILES string of the molecule is O=C(C[C@@H]1N=C2c3ccccc3N=C(SCc3ccc(F)cc3)N2C1=O)NCc1ccccc1. The molecular weight excluding hydrogens is 451 g/mol. The molecule has 3 aromatic carbocycles. The summed E-state index contributed by atoms with van der Waals surface area (Å²) in [5.74, 6) is 0.218. The normalized spacial score (nSPS) is 16.4. The van der Waals surface area contributed by atoms with E-state index in [1.807, 2.05) is 54.6 Å². The highest BCUT2D eigenvalue weighted by Gasteiger charge is 2.42. The van der Waals surface area contributed by atoms with Gasteiger partial charge in [0.05, 0.1) is 12.1 Å². The van der Waals surface area contributed by atoms with Crippen LogP contribution in [0, 0.1) is 5.82 Å². The Labute approximate surface area is 200 Å². The summed E-state index contributed by atoms with van der Waals surface area (Å²) < 4.78 is 13.2. The maximum atomic E-state index is 13.3. The Morgan fingerprint density at radius 1 is 0.971 bits per heavy atom. The molecule has 0 aromatic heterocycles. The quantitative estimate of drug-likeness (QED) is 0.577. The molecule has 2 heterocycles. The Hall–Kier alpha value is -3.78. The van der Waals surface area contributed by atoms with Crippen LogP contribution in [0.3, 0.4) is 0 Å². The first-order valence-electron chi connectivity index (χ1n) is 10.9. The minimum atomic E-state index is -0.812. The summed E-state index contributed by atoms with van der Waals surface area (Å²) in [5.41, 5.74) is 3.38. The van der Waals surface area contributed by atoms with Crippen molar-refractivity contribution in [2.75, 3.05) is 0 Å². The average Bonchev–Trinajstić information content (AvgIpc) is 3.19. The molecule has 170 valence electrons. The first kappa shape index (κ1) is 22.0. The van der Waals surface area contributed by atoms with Gasteiger partial charge in [-0.05, 0) is 35.4 Å². The molecule has 6 nitrogen and oxygen atoms in total. The number of carbonyl (C=O) groups is 2. The Balaban J connectivity index is 1.33. The topological polar surface area (TPSA) is 74.1 Å². The lowest BCUT2D eigenvalue weighted by atomic mass is 10.1. The van der Waals surface area contributed by atoms with Gasteiger partial charge < -0.3 is 5.32 Å². The molecule has 1 N–H and O–H groups in total. The summed E-state index contributed by atoms with van der Waals surface area (Å²) in [6.45, 7) is 0.393. The molecule has 1 atom stereocenters. The van der Waals surface area contributed by atoms with Crippen LogP contribution in [-0.4, -0.2) is 33.8 Å². The predicted octanol–water partition coefficient (Wildman–Crippen LogP) is 4.42. The lowest BCUT2D eigenvalue weighted by Gasteiger charge is -2.25. The van der Waals surface area contributed by atoms with Crippen molar-refractivity contribution in [3.05, 3.63) is 101 Å². The summed E-state index contributed by atoms with van der Waals surface area (Å²) >= 11 is 1.38. The molecule has 2 aliphatic heterocycles. The van der Waals surface area contributed by atoms with Gasteiger partial charge in [-0.1, -0.05) is 66.4 Å². The van der Waals surface area contributed by atoms with Crippen LogP contribution in [0.1, 0.15) is 23.1 Å². The number of nitrogens with zero attached hydrogens (tertiary/aromatic N) is 3. The molecule has 2 aliphatic rings. The van der Waals surface area contributed by atoms with E-state index in [-0.39, 0.29) is 24.1 Å². The van der Waals surface area contributed by atoms with Crippen LogP contribution >= 0.6 is 11.8 Å². The van der Waals surface area contributed by atoms with Crippen molar-refractivity contribution in [2.45, 2.75) is 24.8 Å². The fourth-order valence-corrected chi connectivity index (χ4v) is 4.76. The number of amidine groups is 2. The Kier molecular flexibility index (Phi) is 6.22. The largest absolute Gasteiger partial charge is 0.352 e. The van der Waals surface area contributed by atoms with E-state index < -0.39 is 6.04 Å². The van der Waals surface area contributed by atoms with Crippen molar-refractivity contribution in [3.8, 4) is 0 Å². The lowest BCUT2D eigenvalue weighted by molar-refractivity contribution is -0.128. The number of hydrogen-bond donors (Lipinski definition) is 1. The number of fused-ring (bicyclic) bond motifs is 3. The number of halogens is 1. The van der Waals surface area contributed by atoms with Gasteiger partial charge in [0.25, 0.3) is 5.91 Å². The molecule has 0 radical (unpaired) electrons. The van der Waals surface area contributed by atoms with Gasteiger partial charge in [0, 0.05) is 17.9 Å². The van der Waals surface area contributed by atoms with Crippen LogP contribution in [0.25, 0.3) is 0 Å². The van der Waals surface area contributed by atoms with Gasteiger partial charge in [0.2, 0.25) is 5.91 Å². The van der Waals surface area contributed by atoms with Crippen molar-refractivity contribution in [2.24, 2.45) is 9.98 Å². The molecule has 2 amide bonds. The second-order valence-electron chi connectivity index (χ2n) is 7.94. The summed E-state index contributed by atoms with van der Waals surface area (Å²) in [6.07, 6.45) is -0.0380. The second kappa shape index (κ2) is 9.61. The summed E-state index contributed by atoms with van der Waals surface area (Å²) in [6, 6.07) is 22.5. The fourth-order valence-electron chi connectivity index (χ4n) is 3.80. The third kappa shape index (κ3) is 4.63. The zero-order valence-corrected chi connectivity index (χ0v) is 19.0. The van der Waals surface area contributed by atoms with E-state index >= 15 is 0 Å². The maximum Gasteiger partial charge on any atom is 0.259 e. The third-order valence-electron chi connectivity index (χ3n) is 5.54. The van der Waals surface area contributed by atoms with E-state index in [4.69, 9.17) is 0 Å². The number of benzene rings is 3. The Morgan fingerprint density at radius 3 is 2.50 bits per heavy atom. The van der Waals surface area contributed by atoms with Crippen LogP contribution in [0.2, 0.25) is 0 Å². The highest BCUT2D eigenvalue weighted by Crippen LogP contribution is 2.34. The van der Waals surface area contributed by atoms with Crippen molar-refractivity contribution >= 4 is 40.3 Å². The second-order valence-corrected chi connectivity index (χ2v) is 8.88. The zero-order chi connectivity index (χ0) is 23.5. The third-order valence-corrected chi connectivity index (χ3v) is 6.55. The highest BCUT2D eigenvalue weighted by molar-refractivity contribution is 8.13. The summed E-state index contributed by atoms with van der Waals surface area (Å²) in [7, 11) is 0. The number of para-hydroxylation sites is 1. The minimum absolute atomic E-state index is 0.0380. The molecule has 0 spiro atoms. The molecule has 0 aliphatic carbocycles. The van der Waals surface area contributed by atoms with E-state index in [1.165, 1.54) is 28.8 Å². The number of rotatable bonds is 6. The zero-order valence-electron chi connectivity index (χ0n) is 18.1. The van der Waals surface area contributed by atoms with Gasteiger partial charge in [-0.2, -0.15) is 0 Å². The van der Waals surface area contributed by atoms with E-state index in [1.54, 1.807) is 12.1 Å². The smallest absolute Gasteiger partial charge is 0.259 e. The van der Waals surface area contributed by atoms with Crippen molar-refractivity contribution in [1.82, 2.24) is 10.2 Å². The molecule has 3 aromatic rings. The number of aliphatic imine (C=N–C) groups is 2. The predicted molar refractivity (Wildman–Crippen MR) is 131 cm³/mol. The number of thioether (sulfide) groups is 1. The standard InChI is InChI=1S/C26H21FN4O2S/c27-19-12-10-18(11-13-19)16-34-26-30-21-9-5-4-8-20(21)24-29-22(25(33)31(24)26)14-23(32)28-15-17-6-2-1-3-7-17/h1-13,22H,14-16H2,(H,28,32)/t22-/m0/s1. The molecular formula is C26H21FN4O2S. The minimum Gasteiger partial charge on any atom is -0.352 e. The van der Waals surface area contributed by atoms with E-state index in [9.17, 15) is 14.0 Å². The van der Waals surface area contributed by atoms with Gasteiger partial charge >= 0.3 is 0 Å². The van der Waals surface area contributed by atoms with Crippen LogP contribution in [0.15, 0.2) is 88.8 Å². The van der Waals surface area contributed by atoms with Crippen molar-refractivity contribution < 1.29 is 14.0 Å². The molecule has 0 saturated heterocycles. The van der Waals surface area contributed by atoms with Crippen LogP contribution in [0.4, 0.5) is 10.1 Å². The van der Waals surface area contributed by atoms with Crippen LogP contribution in [0.5, 0.6) is 0 Å².